The smallest absolute Gasteiger partial charge is 0.155 e. The van der Waals surface area contributed by atoms with Gasteiger partial charge in [-0.05, 0) is 38.5 Å². The van der Waals surface area contributed by atoms with Gasteiger partial charge in [0.15, 0.2) is 5.82 Å². The fraction of sp³-hybridized carbons (Fsp3) is 0.529. The van der Waals surface area contributed by atoms with Gasteiger partial charge in [-0.2, -0.15) is 5.10 Å². The van der Waals surface area contributed by atoms with Crippen molar-refractivity contribution in [3.63, 3.8) is 0 Å². The maximum absolute atomic E-state index is 10.1. The van der Waals surface area contributed by atoms with Crippen LogP contribution in [0.2, 0.25) is 0 Å². The molecule has 24 heavy (non-hydrogen) atoms. The van der Waals surface area contributed by atoms with Crippen molar-refractivity contribution in [1.29, 1.82) is 0 Å². The molecule has 4 N–H and O–H groups in total. The number of aliphatic hydroxyl groups excluding tert-OH is 1. The van der Waals surface area contributed by atoms with Gasteiger partial charge in [-0.25, -0.2) is 9.67 Å². The summed E-state index contributed by atoms with van der Waals surface area (Å²) in [4.78, 5) is 4.48. The summed E-state index contributed by atoms with van der Waals surface area (Å²) in [6.07, 6.45) is -0.230. The largest absolute Gasteiger partial charge is 0.497 e. The van der Waals surface area contributed by atoms with E-state index in [0.717, 1.165) is 11.3 Å². The van der Waals surface area contributed by atoms with Crippen molar-refractivity contribution >= 4 is 0 Å². The Labute approximate surface area is 142 Å². The molecular weight excluding hydrogens is 308 g/mol. The molecule has 0 aliphatic carbocycles. The Hall–Kier alpha value is -1.96. The van der Waals surface area contributed by atoms with E-state index in [2.05, 4.69) is 10.1 Å². The van der Waals surface area contributed by atoms with Gasteiger partial charge in [0, 0.05) is 6.42 Å². The minimum absolute atomic E-state index is 0.248. The highest BCUT2D eigenvalue weighted by molar-refractivity contribution is 5.28. The zero-order valence-electron chi connectivity index (χ0n) is 14.6. The predicted octanol–water partition coefficient (Wildman–Crippen LogP) is 1.03. The Morgan fingerprint density at radius 3 is 2.42 bits per heavy atom. The molecule has 2 atom stereocenters. The third kappa shape index (κ3) is 4.77. The van der Waals surface area contributed by atoms with Crippen molar-refractivity contribution in [1.82, 2.24) is 14.8 Å². The molecule has 1 aromatic heterocycles. The minimum Gasteiger partial charge on any atom is -0.497 e. The molecule has 0 saturated heterocycles. The Kier molecular flexibility index (Phi) is 5.58. The van der Waals surface area contributed by atoms with Gasteiger partial charge in [-0.3, -0.25) is 0 Å². The van der Waals surface area contributed by atoms with E-state index < -0.39 is 17.7 Å². The molecule has 0 bridgehead atoms. The molecular formula is C17H26N4O3. The summed E-state index contributed by atoms with van der Waals surface area (Å²) in [6, 6.07) is 6.99. The number of hydrogen-bond acceptors (Lipinski definition) is 6. The molecule has 1 heterocycles. The summed E-state index contributed by atoms with van der Waals surface area (Å²) >= 11 is 0. The summed E-state index contributed by atoms with van der Waals surface area (Å²) in [5, 5.41) is 24.3. The summed E-state index contributed by atoms with van der Waals surface area (Å²) in [6.45, 7) is 5.24. The lowest BCUT2D eigenvalue weighted by atomic mass is 10.1. The van der Waals surface area contributed by atoms with Gasteiger partial charge in [0.2, 0.25) is 0 Å². The molecule has 2 aromatic rings. The molecule has 0 fully saturated rings. The number of ether oxygens (including phenoxy) is 1. The summed E-state index contributed by atoms with van der Waals surface area (Å²) in [5.41, 5.74) is 6.11. The molecule has 132 valence electrons. The van der Waals surface area contributed by atoms with Crippen LogP contribution >= 0.6 is 0 Å². The molecule has 7 heteroatoms. The van der Waals surface area contributed by atoms with Crippen LogP contribution in [0.25, 0.3) is 0 Å². The summed E-state index contributed by atoms with van der Waals surface area (Å²) in [5.74, 6) is 1.85. The van der Waals surface area contributed by atoms with E-state index in [1.807, 2.05) is 24.3 Å². The van der Waals surface area contributed by atoms with E-state index >= 15 is 0 Å². The first-order chi connectivity index (χ1) is 11.2. The van der Waals surface area contributed by atoms with Crippen molar-refractivity contribution in [3.05, 3.63) is 41.5 Å². The van der Waals surface area contributed by atoms with Crippen molar-refractivity contribution in [3.8, 4) is 5.75 Å². The fourth-order valence-corrected chi connectivity index (χ4v) is 2.35. The number of methoxy groups -OCH3 is 1. The number of nitrogens with two attached hydrogens (primary N) is 1. The number of aliphatic hydroxyl groups is 2. The lowest BCUT2D eigenvalue weighted by Gasteiger charge is -2.20. The number of rotatable bonds is 7. The highest BCUT2D eigenvalue weighted by Crippen LogP contribution is 2.18. The average molecular weight is 334 g/mol. The van der Waals surface area contributed by atoms with Crippen molar-refractivity contribution in [2.75, 3.05) is 7.11 Å². The van der Waals surface area contributed by atoms with Crippen LogP contribution in [-0.2, 0) is 13.0 Å². The zero-order valence-corrected chi connectivity index (χ0v) is 14.6. The van der Waals surface area contributed by atoms with Crippen molar-refractivity contribution in [2.24, 2.45) is 5.73 Å². The second kappa shape index (κ2) is 7.29. The Bertz CT molecular complexity index is 659. The third-order valence-corrected chi connectivity index (χ3v) is 3.62. The lowest BCUT2D eigenvalue weighted by Crippen LogP contribution is -2.32. The highest BCUT2D eigenvalue weighted by atomic mass is 16.5. The van der Waals surface area contributed by atoms with Gasteiger partial charge in [0.25, 0.3) is 0 Å². The first-order valence-corrected chi connectivity index (χ1v) is 7.92. The number of aromatic nitrogens is 3. The first-order valence-electron chi connectivity index (χ1n) is 7.92. The van der Waals surface area contributed by atoms with Crippen molar-refractivity contribution < 1.29 is 14.9 Å². The predicted molar refractivity (Wildman–Crippen MR) is 90.7 cm³/mol. The van der Waals surface area contributed by atoms with E-state index in [1.54, 1.807) is 32.6 Å². The van der Waals surface area contributed by atoms with Crippen LogP contribution in [0.5, 0.6) is 5.75 Å². The molecule has 2 rings (SSSR count). The van der Waals surface area contributed by atoms with Crippen LogP contribution in [-0.4, -0.2) is 43.8 Å². The molecule has 1 aromatic carbocycles. The fourth-order valence-electron chi connectivity index (χ4n) is 2.35. The second-order valence-corrected chi connectivity index (χ2v) is 6.65. The van der Waals surface area contributed by atoms with E-state index in [0.29, 0.717) is 18.1 Å². The standard InChI is InChI=1S/C17H26N4O3/c1-11(22)15(18)16-19-14(20-21(16)10-17(2,3)23)9-12-5-7-13(24-4)8-6-12/h5-8,11,15,22-23H,9-10,18H2,1-4H3/t11-,15+/m1/s1. The van der Waals surface area contributed by atoms with Crippen LogP contribution in [0, 0.1) is 0 Å². The van der Waals surface area contributed by atoms with Gasteiger partial charge in [-0.1, -0.05) is 12.1 Å². The summed E-state index contributed by atoms with van der Waals surface area (Å²) in [7, 11) is 1.62. The number of nitrogens with zero attached hydrogens (tertiary/aromatic N) is 3. The lowest BCUT2D eigenvalue weighted by molar-refractivity contribution is 0.0546. The zero-order chi connectivity index (χ0) is 17.9. The Balaban J connectivity index is 2.27. The second-order valence-electron chi connectivity index (χ2n) is 6.65. The van der Waals surface area contributed by atoms with E-state index in [1.165, 1.54) is 0 Å². The molecule has 7 nitrogen and oxygen atoms in total. The van der Waals surface area contributed by atoms with Crippen LogP contribution in [0.4, 0.5) is 0 Å². The van der Waals surface area contributed by atoms with Crippen LogP contribution < -0.4 is 10.5 Å². The van der Waals surface area contributed by atoms with Crippen molar-refractivity contribution in [2.45, 2.75) is 51.5 Å². The van der Waals surface area contributed by atoms with Crippen LogP contribution in [0.15, 0.2) is 24.3 Å². The molecule has 0 aliphatic rings. The molecule has 0 radical (unpaired) electrons. The topological polar surface area (TPSA) is 106 Å². The van der Waals surface area contributed by atoms with E-state index in [4.69, 9.17) is 10.5 Å². The normalized spacial score (nSPS) is 14.5. The maximum Gasteiger partial charge on any atom is 0.155 e. The Morgan fingerprint density at radius 1 is 1.29 bits per heavy atom. The molecule has 0 unspecified atom stereocenters. The minimum atomic E-state index is -0.960. The van der Waals surface area contributed by atoms with Gasteiger partial charge < -0.3 is 20.7 Å². The van der Waals surface area contributed by atoms with Crippen LogP contribution in [0.3, 0.4) is 0 Å². The van der Waals surface area contributed by atoms with Gasteiger partial charge in [-0.15, -0.1) is 0 Å². The third-order valence-electron chi connectivity index (χ3n) is 3.62. The van der Waals surface area contributed by atoms with E-state index in [9.17, 15) is 10.2 Å². The number of benzene rings is 1. The van der Waals surface area contributed by atoms with E-state index in [-0.39, 0.29) is 6.54 Å². The molecule has 0 spiro atoms. The molecule has 0 saturated carbocycles. The summed E-state index contributed by atoms with van der Waals surface area (Å²) < 4.78 is 6.73. The van der Waals surface area contributed by atoms with Gasteiger partial charge in [0.05, 0.1) is 31.4 Å². The quantitative estimate of drug-likeness (QED) is 0.698. The van der Waals surface area contributed by atoms with Gasteiger partial charge >= 0.3 is 0 Å². The SMILES string of the molecule is COc1ccc(Cc2nc([C@@H](N)[C@@H](C)O)n(CC(C)(C)O)n2)cc1. The molecule has 0 aliphatic heterocycles. The Morgan fingerprint density at radius 2 is 1.92 bits per heavy atom. The number of hydrogen-bond donors (Lipinski definition) is 3. The molecule has 0 amide bonds. The average Bonchev–Trinajstić information content (AvgIpc) is 2.87. The highest BCUT2D eigenvalue weighted by Gasteiger charge is 2.24. The monoisotopic (exact) mass is 334 g/mol. The first kappa shape index (κ1) is 18.4. The van der Waals surface area contributed by atoms with Crippen LogP contribution in [0.1, 0.15) is 44.0 Å². The van der Waals surface area contributed by atoms with Gasteiger partial charge in [0.1, 0.15) is 11.6 Å². The maximum atomic E-state index is 10.1.